The molecule has 0 unspecified atom stereocenters. The van der Waals surface area contributed by atoms with Gasteiger partial charge < -0.3 is 9.84 Å². The predicted octanol–water partition coefficient (Wildman–Crippen LogP) is 1.79. The van der Waals surface area contributed by atoms with Crippen LogP contribution in [0, 0.1) is 0 Å². The van der Waals surface area contributed by atoms with E-state index in [0.29, 0.717) is 5.69 Å². The van der Waals surface area contributed by atoms with Crippen molar-refractivity contribution in [2.24, 2.45) is 0 Å². The number of methoxy groups -OCH3 is 1. The molecule has 0 aliphatic carbocycles. The number of hydrogen-bond donors (Lipinski definition) is 2. The molecule has 0 amide bonds. The van der Waals surface area contributed by atoms with Crippen molar-refractivity contribution < 1.29 is 9.84 Å². The Hall–Kier alpha value is -1.97. The number of aromatic amines is 1. The predicted molar refractivity (Wildman–Crippen MR) is 52.2 cm³/mol. The lowest BCUT2D eigenvalue weighted by molar-refractivity contribution is 0.415. The van der Waals surface area contributed by atoms with Crippen LogP contribution in [0.4, 0.5) is 0 Å². The number of ether oxygens (including phenoxy) is 1. The van der Waals surface area contributed by atoms with Crippen LogP contribution in [-0.4, -0.2) is 22.4 Å². The average Bonchev–Trinajstić information content (AvgIpc) is 2.65. The molecular weight excluding hydrogens is 180 g/mol. The highest BCUT2D eigenvalue weighted by Crippen LogP contribution is 2.27. The molecule has 1 aromatic heterocycles. The average molecular weight is 190 g/mol. The van der Waals surface area contributed by atoms with Gasteiger partial charge in [0.1, 0.15) is 11.4 Å². The van der Waals surface area contributed by atoms with Crippen LogP contribution < -0.4 is 4.74 Å². The molecule has 2 rings (SSSR count). The van der Waals surface area contributed by atoms with Crippen molar-refractivity contribution in [1.82, 2.24) is 10.2 Å². The molecule has 0 aliphatic heterocycles. The second-order valence-corrected chi connectivity index (χ2v) is 2.86. The first-order valence-electron chi connectivity index (χ1n) is 4.18. The minimum atomic E-state index is 0.148. The quantitative estimate of drug-likeness (QED) is 0.759. The third kappa shape index (κ3) is 1.42. The van der Waals surface area contributed by atoms with Gasteiger partial charge in [-0.3, -0.25) is 5.10 Å². The van der Waals surface area contributed by atoms with Gasteiger partial charge in [-0.2, -0.15) is 5.10 Å². The molecule has 14 heavy (non-hydrogen) atoms. The second kappa shape index (κ2) is 3.41. The molecule has 0 spiro atoms. The van der Waals surface area contributed by atoms with E-state index in [1.165, 1.54) is 6.20 Å². The first-order chi connectivity index (χ1) is 6.81. The van der Waals surface area contributed by atoms with Crippen molar-refractivity contribution >= 4 is 0 Å². The van der Waals surface area contributed by atoms with E-state index >= 15 is 0 Å². The van der Waals surface area contributed by atoms with Gasteiger partial charge in [0, 0.05) is 5.56 Å². The summed E-state index contributed by atoms with van der Waals surface area (Å²) in [5, 5.41) is 15.9. The number of hydrogen-bond acceptors (Lipinski definition) is 3. The molecule has 2 N–H and O–H groups in total. The van der Waals surface area contributed by atoms with E-state index in [0.717, 1.165) is 11.3 Å². The number of rotatable bonds is 2. The van der Waals surface area contributed by atoms with Gasteiger partial charge in [0.25, 0.3) is 0 Å². The van der Waals surface area contributed by atoms with Crippen LogP contribution in [0.15, 0.2) is 30.5 Å². The molecule has 0 radical (unpaired) electrons. The van der Waals surface area contributed by atoms with Crippen molar-refractivity contribution in [2.45, 2.75) is 0 Å². The van der Waals surface area contributed by atoms with Gasteiger partial charge in [-0.1, -0.05) is 0 Å². The van der Waals surface area contributed by atoms with Crippen LogP contribution in [0.3, 0.4) is 0 Å². The number of aromatic nitrogens is 2. The smallest absolute Gasteiger partial charge is 0.161 e. The molecule has 4 heteroatoms. The van der Waals surface area contributed by atoms with Crippen LogP contribution in [0.5, 0.6) is 11.5 Å². The Labute approximate surface area is 81.2 Å². The first-order valence-corrected chi connectivity index (χ1v) is 4.18. The van der Waals surface area contributed by atoms with Gasteiger partial charge in [0.05, 0.1) is 13.3 Å². The third-order valence-electron chi connectivity index (χ3n) is 2.00. The minimum Gasteiger partial charge on any atom is -0.504 e. The summed E-state index contributed by atoms with van der Waals surface area (Å²) in [7, 11) is 1.61. The zero-order chi connectivity index (χ0) is 9.97. The molecule has 4 nitrogen and oxygen atoms in total. The van der Waals surface area contributed by atoms with Crippen LogP contribution in [-0.2, 0) is 0 Å². The molecule has 72 valence electrons. The first kappa shape index (κ1) is 8.62. The Morgan fingerprint density at radius 2 is 2.00 bits per heavy atom. The molecule has 0 fully saturated rings. The molecule has 0 saturated heterocycles. The lowest BCUT2D eigenvalue weighted by Crippen LogP contribution is -1.83. The Bertz CT molecular complexity index is 420. The van der Waals surface area contributed by atoms with E-state index in [1.54, 1.807) is 7.11 Å². The highest BCUT2D eigenvalue weighted by atomic mass is 16.5. The van der Waals surface area contributed by atoms with Crippen molar-refractivity contribution in [1.29, 1.82) is 0 Å². The van der Waals surface area contributed by atoms with E-state index in [1.807, 2.05) is 24.3 Å². The van der Waals surface area contributed by atoms with E-state index < -0.39 is 0 Å². The summed E-state index contributed by atoms with van der Waals surface area (Å²) in [5.74, 6) is 0.933. The fraction of sp³-hybridized carbons (Fsp3) is 0.100. The van der Waals surface area contributed by atoms with E-state index in [2.05, 4.69) is 10.2 Å². The number of benzene rings is 1. The summed E-state index contributed by atoms with van der Waals surface area (Å²) in [6.07, 6.45) is 1.37. The lowest BCUT2D eigenvalue weighted by Gasteiger charge is -2.01. The number of H-pyrrole nitrogens is 1. The molecule has 0 aliphatic rings. The topological polar surface area (TPSA) is 58.1 Å². The highest BCUT2D eigenvalue weighted by molar-refractivity contribution is 5.65. The summed E-state index contributed by atoms with van der Waals surface area (Å²) >= 11 is 0. The number of nitrogens with one attached hydrogen (secondary N) is 1. The molecule has 1 aromatic carbocycles. The highest BCUT2D eigenvalue weighted by Gasteiger charge is 2.05. The van der Waals surface area contributed by atoms with Gasteiger partial charge >= 0.3 is 0 Å². The SMILES string of the molecule is COc1ccc(-c2[nH]ncc2O)cc1. The summed E-state index contributed by atoms with van der Waals surface area (Å²) in [4.78, 5) is 0. The van der Waals surface area contributed by atoms with Crippen LogP contribution in [0.1, 0.15) is 0 Å². The van der Waals surface area contributed by atoms with Crippen LogP contribution in [0.25, 0.3) is 11.3 Å². The second-order valence-electron chi connectivity index (χ2n) is 2.86. The Balaban J connectivity index is 2.39. The van der Waals surface area contributed by atoms with Crippen LogP contribution in [0.2, 0.25) is 0 Å². The maximum absolute atomic E-state index is 9.41. The summed E-state index contributed by atoms with van der Waals surface area (Å²) in [5.41, 5.74) is 1.49. The third-order valence-corrected chi connectivity index (χ3v) is 2.00. The Kier molecular flexibility index (Phi) is 2.10. The standard InChI is InChI=1S/C10H10N2O2/c1-14-8-4-2-7(3-5-8)10-9(13)6-11-12-10/h2-6,13H,1H3,(H,11,12). The van der Waals surface area contributed by atoms with Gasteiger partial charge in [0.2, 0.25) is 0 Å². The summed E-state index contributed by atoms with van der Waals surface area (Å²) in [6.45, 7) is 0. The number of nitrogens with zero attached hydrogens (tertiary/aromatic N) is 1. The zero-order valence-electron chi connectivity index (χ0n) is 7.69. The lowest BCUT2D eigenvalue weighted by atomic mass is 10.1. The zero-order valence-corrected chi connectivity index (χ0v) is 7.69. The van der Waals surface area contributed by atoms with Crippen molar-refractivity contribution in [2.75, 3.05) is 7.11 Å². The molecule has 0 saturated carbocycles. The monoisotopic (exact) mass is 190 g/mol. The van der Waals surface area contributed by atoms with E-state index in [-0.39, 0.29) is 5.75 Å². The number of aromatic hydroxyl groups is 1. The van der Waals surface area contributed by atoms with Gasteiger partial charge in [-0.05, 0) is 24.3 Å². The van der Waals surface area contributed by atoms with Crippen molar-refractivity contribution in [3.8, 4) is 22.8 Å². The molecule has 0 atom stereocenters. The fourth-order valence-corrected chi connectivity index (χ4v) is 1.25. The maximum Gasteiger partial charge on any atom is 0.161 e. The van der Waals surface area contributed by atoms with Crippen molar-refractivity contribution in [3.05, 3.63) is 30.5 Å². The molecule has 0 bridgehead atoms. The minimum absolute atomic E-state index is 0.148. The molecular formula is C10H10N2O2. The van der Waals surface area contributed by atoms with Crippen molar-refractivity contribution in [3.63, 3.8) is 0 Å². The Morgan fingerprint density at radius 3 is 2.50 bits per heavy atom. The van der Waals surface area contributed by atoms with E-state index in [4.69, 9.17) is 4.74 Å². The van der Waals surface area contributed by atoms with E-state index in [9.17, 15) is 5.11 Å². The molecule has 1 heterocycles. The van der Waals surface area contributed by atoms with Gasteiger partial charge in [-0.15, -0.1) is 0 Å². The fourth-order valence-electron chi connectivity index (χ4n) is 1.25. The maximum atomic E-state index is 9.41. The van der Waals surface area contributed by atoms with Crippen LogP contribution >= 0.6 is 0 Å². The summed E-state index contributed by atoms with van der Waals surface area (Å²) < 4.78 is 5.03. The largest absolute Gasteiger partial charge is 0.504 e. The van der Waals surface area contributed by atoms with Gasteiger partial charge in [-0.25, -0.2) is 0 Å². The van der Waals surface area contributed by atoms with Gasteiger partial charge in [0.15, 0.2) is 5.75 Å². The Morgan fingerprint density at radius 1 is 1.29 bits per heavy atom. The normalized spacial score (nSPS) is 10.1. The summed E-state index contributed by atoms with van der Waals surface area (Å²) in [6, 6.07) is 7.36. The molecule has 2 aromatic rings.